The van der Waals surface area contributed by atoms with Crippen LogP contribution in [-0.4, -0.2) is 42.6 Å². The van der Waals surface area contributed by atoms with Crippen molar-refractivity contribution >= 4 is 5.97 Å². The molecule has 5 heteroatoms. The highest BCUT2D eigenvalue weighted by molar-refractivity contribution is 5.72. The number of hydrogen-bond acceptors (Lipinski definition) is 4. The van der Waals surface area contributed by atoms with Crippen LogP contribution in [0.4, 0.5) is 0 Å². The molecule has 1 aromatic carbocycles. The van der Waals surface area contributed by atoms with E-state index in [4.69, 9.17) is 19.3 Å². The highest BCUT2D eigenvalue weighted by Gasteiger charge is 2.23. The number of aliphatic carboxylic acids is 1. The van der Waals surface area contributed by atoms with Gasteiger partial charge >= 0.3 is 5.97 Å². The van der Waals surface area contributed by atoms with Crippen molar-refractivity contribution in [1.82, 2.24) is 0 Å². The van der Waals surface area contributed by atoms with Gasteiger partial charge < -0.3 is 19.3 Å². The minimum Gasteiger partial charge on any atom is -0.491 e. The first kappa shape index (κ1) is 14.8. The van der Waals surface area contributed by atoms with E-state index in [-0.39, 0.29) is 12.2 Å². The summed E-state index contributed by atoms with van der Waals surface area (Å²) in [5.41, 5.74) is 0.882. The summed E-state index contributed by atoms with van der Waals surface area (Å²) in [6, 6.07) is 7.43. The molecule has 0 amide bonds. The van der Waals surface area contributed by atoms with E-state index in [1.165, 1.54) is 0 Å². The van der Waals surface area contributed by atoms with E-state index in [1.807, 2.05) is 38.1 Å². The zero-order chi connectivity index (χ0) is 14.5. The average molecular weight is 280 g/mol. The lowest BCUT2D eigenvalue weighted by Gasteiger charge is -2.16. The Labute approximate surface area is 118 Å². The summed E-state index contributed by atoms with van der Waals surface area (Å²) in [6.07, 6.45) is -0.431. The number of benzene rings is 1. The molecule has 0 radical (unpaired) electrons. The summed E-state index contributed by atoms with van der Waals surface area (Å²) < 4.78 is 16.1. The second-order valence-corrected chi connectivity index (χ2v) is 5.13. The van der Waals surface area contributed by atoms with Crippen LogP contribution in [0.25, 0.3) is 0 Å². The van der Waals surface area contributed by atoms with Gasteiger partial charge in [0.2, 0.25) is 0 Å². The number of ether oxygens (including phenoxy) is 3. The molecule has 1 aromatic rings. The maximum atomic E-state index is 11.2. The third-order valence-corrected chi connectivity index (χ3v) is 2.87. The first-order valence-electron chi connectivity index (χ1n) is 6.76. The van der Waals surface area contributed by atoms with Gasteiger partial charge in [0.05, 0.1) is 12.7 Å². The molecule has 5 nitrogen and oxygen atoms in total. The molecule has 1 fully saturated rings. The van der Waals surface area contributed by atoms with Crippen LogP contribution >= 0.6 is 0 Å². The zero-order valence-electron chi connectivity index (χ0n) is 11.7. The smallest absolute Gasteiger partial charge is 0.333 e. The van der Waals surface area contributed by atoms with Crippen molar-refractivity contribution in [2.24, 2.45) is 0 Å². The molecule has 0 aromatic heterocycles. The molecule has 1 N–H and O–H groups in total. The van der Waals surface area contributed by atoms with Crippen molar-refractivity contribution in [1.29, 1.82) is 0 Å². The Morgan fingerprint density at radius 1 is 1.50 bits per heavy atom. The molecule has 2 atom stereocenters. The summed E-state index contributed by atoms with van der Waals surface area (Å²) in [4.78, 5) is 11.2. The van der Waals surface area contributed by atoms with E-state index in [1.54, 1.807) is 0 Å². The number of carbonyl (C=O) groups is 1. The summed E-state index contributed by atoms with van der Waals surface area (Å²) in [6.45, 7) is 4.94. The maximum absolute atomic E-state index is 11.2. The predicted octanol–water partition coefficient (Wildman–Crippen LogP) is 1.88. The van der Waals surface area contributed by atoms with Gasteiger partial charge in [-0.05, 0) is 31.5 Å². The van der Waals surface area contributed by atoms with Crippen LogP contribution in [-0.2, 0) is 20.7 Å². The van der Waals surface area contributed by atoms with Crippen LogP contribution in [0, 0.1) is 0 Å². The molecule has 2 rings (SSSR count). The van der Waals surface area contributed by atoms with Crippen LogP contribution in [0.3, 0.4) is 0 Å². The average Bonchev–Trinajstić information content (AvgIpc) is 3.19. The first-order valence-corrected chi connectivity index (χ1v) is 6.76. The Morgan fingerprint density at radius 3 is 2.85 bits per heavy atom. The molecule has 110 valence electrons. The summed E-state index contributed by atoms with van der Waals surface area (Å²) in [5.74, 6) is -0.219. The topological polar surface area (TPSA) is 68.3 Å². The van der Waals surface area contributed by atoms with Crippen LogP contribution < -0.4 is 4.74 Å². The van der Waals surface area contributed by atoms with Crippen molar-refractivity contribution in [3.05, 3.63) is 29.8 Å². The summed E-state index contributed by atoms with van der Waals surface area (Å²) >= 11 is 0. The molecular weight excluding hydrogens is 260 g/mol. The molecule has 1 aliphatic rings. The molecule has 0 spiro atoms. The number of rotatable bonds is 8. The summed E-state index contributed by atoms with van der Waals surface area (Å²) in [5, 5.41) is 9.16. The van der Waals surface area contributed by atoms with Gasteiger partial charge in [0.25, 0.3) is 0 Å². The lowest BCUT2D eigenvalue weighted by molar-refractivity contribution is -0.153. The fourth-order valence-corrected chi connectivity index (χ4v) is 1.85. The van der Waals surface area contributed by atoms with E-state index in [0.717, 1.165) is 17.9 Å². The minimum atomic E-state index is -0.948. The van der Waals surface area contributed by atoms with Gasteiger partial charge in [-0.3, -0.25) is 0 Å². The van der Waals surface area contributed by atoms with Crippen molar-refractivity contribution in [3.8, 4) is 5.75 Å². The molecule has 1 heterocycles. The third-order valence-electron chi connectivity index (χ3n) is 2.87. The molecule has 1 aliphatic heterocycles. The first-order chi connectivity index (χ1) is 9.54. The molecule has 0 unspecified atom stereocenters. The van der Waals surface area contributed by atoms with Crippen molar-refractivity contribution in [2.45, 2.75) is 38.6 Å². The fraction of sp³-hybridized carbons (Fsp3) is 0.533. The van der Waals surface area contributed by atoms with Crippen molar-refractivity contribution in [2.75, 3.05) is 13.2 Å². The Kier molecular flexibility index (Phi) is 4.98. The van der Waals surface area contributed by atoms with E-state index in [9.17, 15) is 4.79 Å². The quantitative estimate of drug-likeness (QED) is 0.736. The number of carboxylic acid groups (broad SMARTS) is 1. The SMILES string of the molecule is CC(C)O[C@@H](Cc1cccc(OC[C@@H]2CO2)c1)C(=O)O. The van der Waals surface area contributed by atoms with Crippen LogP contribution in [0.2, 0.25) is 0 Å². The molecule has 0 aliphatic carbocycles. The highest BCUT2D eigenvalue weighted by Crippen LogP contribution is 2.18. The second kappa shape index (κ2) is 6.72. The van der Waals surface area contributed by atoms with E-state index in [2.05, 4.69) is 0 Å². The van der Waals surface area contributed by atoms with Crippen LogP contribution in [0.5, 0.6) is 5.75 Å². The lowest BCUT2D eigenvalue weighted by Crippen LogP contribution is -2.29. The number of hydrogen-bond donors (Lipinski definition) is 1. The molecule has 1 saturated heterocycles. The predicted molar refractivity (Wildman–Crippen MR) is 73.0 cm³/mol. The Bertz CT molecular complexity index is 453. The van der Waals surface area contributed by atoms with Gasteiger partial charge in [0.1, 0.15) is 18.5 Å². The Balaban J connectivity index is 1.95. The molecule has 20 heavy (non-hydrogen) atoms. The monoisotopic (exact) mass is 280 g/mol. The molecular formula is C15H20O5. The molecule has 0 saturated carbocycles. The highest BCUT2D eigenvalue weighted by atomic mass is 16.6. The fourth-order valence-electron chi connectivity index (χ4n) is 1.85. The normalized spacial score (nSPS) is 18.9. The minimum absolute atomic E-state index is 0.123. The standard InChI is InChI=1S/C15H20O5/c1-10(2)20-14(15(16)17)7-11-4-3-5-12(6-11)18-8-13-9-19-13/h3-6,10,13-14H,7-9H2,1-2H3,(H,16,17)/t13-,14+/m1/s1. The van der Waals surface area contributed by atoms with Gasteiger partial charge in [0, 0.05) is 6.42 Å². The maximum Gasteiger partial charge on any atom is 0.333 e. The van der Waals surface area contributed by atoms with E-state index >= 15 is 0 Å². The number of carboxylic acids is 1. The van der Waals surface area contributed by atoms with Gasteiger partial charge in [0.15, 0.2) is 6.10 Å². The van der Waals surface area contributed by atoms with Crippen molar-refractivity contribution < 1.29 is 24.1 Å². The lowest BCUT2D eigenvalue weighted by atomic mass is 10.1. The van der Waals surface area contributed by atoms with E-state index < -0.39 is 12.1 Å². The van der Waals surface area contributed by atoms with E-state index in [0.29, 0.717) is 13.0 Å². The molecule has 0 bridgehead atoms. The van der Waals surface area contributed by atoms with Crippen LogP contribution in [0.1, 0.15) is 19.4 Å². The largest absolute Gasteiger partial charge is 0.491 e. The van der Waals surface area contributed by atoms with Crippen molar-refractivity contribution in [3.63, 3.8) is 0 Å². The zero-order valence-corrected chi connectivity index (χ0v) is 11.7. The Hall–Kier alpha value is -1.59. The van der Waals surface area contributed by atoms with Gasteiger partial charge in [-0.25, -0.2) is 4.79 Å². The third kappa shape index (κ3) is 4.83. The van der Waals surface area contributed by atoms with Crippen LogP contribution in [0.15, 0.2) is 24.3 Å². The van der Waals surface area contributed by atoms with Gasteiger partial charge in [-0.2, -0.15) is 0 Å². The number of epoxide rings is 1. The Morgan fingerprint density at radius 2 is 2.25 bits per heavy atom. The van der Waals surface area contributed by atoms with Gasteiger partial charge in [-0.15, -0.1) is 0 Å². The summed E-state index contributed by atoms with van der Waals surface area (Å²) in [7, 11) is 0. The van der Waals surface area contributed by atoms with Gasteiger partial charge in [-0.1, -0.05) is 12.1 Å². The second-order valence-electron chi connectivity index (χ2n) is 5.13.